The summed E-state index contributed by atoms with van der Waals surface area (Å²) in [4.78, 5) is 8.95. The van der Waals surface area contributed by atoms with E-state index in [9.17, 15) is 10.5 Å². The lowest BCUT2D eigenvalue weighted by atomic mass is 10.0. The maximum absolute atomic E-state index is 13.0. The molecule has 4 heterocycles. The van der Waals surface area contributed by atoms with Crippen molar-refractivity contribution in [1.82, 2.24) is 19.5 Å². The molecule has 146 valence electrons. The lowest BCUT2D eigenvalue weighted by Crippen LogP contribution is -2.33. The molecule has 1 fully saturated rings. The van der Waals surface area contributed by atoms with Gasteiger partial charge in [-0.15, -0.1) is 0 Å². The molecule has 0 amide bonds. The number of nitrogens with zero attached hydrogens (tertiary/aromatic N) is 6. The average molecular weight is 411 g/mol. The summed E-state index contributed by atoms with van der Waals surface area (Å²) in [5, 5.41) is 26.8. The second-order valence-electron chi connectivity index (χ2n) is 7.02. The molecular formula is C19H15ClN6O3. The fourth-order valence-electron chi connectivity index (χ4n) is 3.90. The van der Waals surface area contributed by atoms with Gasteiger partial charge >= 0.3 is 0 Å². The van der Waals surface area contributed by atoms with Gasteiger partial charge in [0.05, 0.1) is 17.0 Å². The van der Waals surface area contributed by atoms with E-state index in [1.807, 2.05) is 13.0 Å². The summed E-state index contributed by atoms with van der Waals surface area (Å²) in [6, 6.07) is 5.28. The van der Waals surface area contributed by atoms with Crippen molar-refractivity contribution in [2.45, 2.75) is 32.3 Å². The number of hydrogen-bond acceptors (Lipinski definition) is 7. The second kappa shape index (κ2) is 6.40. The van der Waals surface area contributed by atoms with Crippen LogP contribution in [0.4, 0.5) is 0 Å². The van der Waals surface area contributed by atoms with Crippen LogP contribution in [0.2, 0.25) is 5.02 Å². The summed E-state index contributed by atoms with van der Waals surface area (Å²) in [5.41, 5.74) is 2.16. The van der Waals surface area contributed by atoms with Gasteiger partial charge in [0, 0.05) is 13.5 Å². The standard InChI is InChI=1S/C19H15ClN6O3/c1-9-16-15(18-23-19(29-24-18)11-5-6-28-10(11)2)22-8-25(16)14-4-3-13(20)12(7-21)17(14)26(9)27/h3-4,8,10-11H,5-6H2,1-2H3. The van der Waals surface area contributed by atoms with Crippen LogP contribution in [0.1, 0.15) is 36.4 Å². The van der Waals surface area contributed by atoms with Crippen LogP contribution in [0.25, 0.3) is 28.1 Å². The highest BCUT2D eigenvalue weighted by molar-refractivity contribution is 6.32. The molecular weight excluding hydrogens is 396 g/mol. The van der Waals surface area contributed by atoms with Crippen LogP contribution in [-0.4, -0.2) is 32.2 Å². The number of nitriles is 1. The summed E-state index contributed by atoms with van der Waals surface area (Å²) >= 11 is 6.11. The Morgan fingerprint density at radius 2 is 2.24 bits per heavy atom. The van der Waals surface area contributed by atoms with E-state index in [4.69, 9.17) is 20.9 Å². The van der Waals surface area contributed by atoms with Gasteiger partial charge in [0.2, 0.25) is 17.4 Å². The van der Waals surface area contributed by atoms with Crippen molar-refractivity contribution in [3.8, 4) is 17.6 Å². The first-order chi connectivity index (χ1) is 14.0. The molecule has 9 nitrogen and oxygen atoms in total. The number of hydrogen-bond donors (Lipinski definition) is 0. The lowest BCUT2D eigenvalue weighted by Gasteiger charge is -2.10. The zero-order chi connectivity index (χ0) is 20.3. The number of aromatic nitrogens is 5. The monoisotopic (exact) mass is 410 g/mol. The molecule has 1 aliphatic heterocycles. The molecule has 1 aliphatic rings. The van der Waals surface area contributed by atoms with Gasteiger partial charge in [-0.25, -0.2) is 4.98 Å². The number of rotatable bonds is 2. The van der Waals surface area contributed by atoms with E-state index in [0.29, 0.717) is 45.5 Å². The molecule has 10 heteroatoms. The Morgan fingerprint density at radius 3 is 2.97 bits per heavy atom. The first kappa shape index (κ1) is 17.8. The van der Waals surface area contributed by atoms with Gasteiger partial charge in [-0.1, -0.05) is 16.8 Å². The molecule has 4 aromatic rings. The molecule has 0 N–H and O–H groups in total. The van der Waals surface area contributed by atoms with Crippen molar-refractivity contribution in [3.63, 3.8) is 0 Å². The number of ether oxygens (including phenoxy) is 1. The third-order valence-electron chi connectivity index (χ3n) is 5.44. The number of fused-ring (bicyclic) bond motifs is 3. The highest BCUT2D eigenvalue weighted by Gasteiger charge is 2.32. The zero-order valence-corrected chi connectivity index (χ0v) is 16.3. The van der Waals surface area contributed by atoms with Gasteiger partial charge in [-0.05, 0) is 25.5 Å². The van der Waals surface area contributed by atoms with E-state index in [-0.39, 0.29) is 28.1 Å². The summed E-state index contributed by atoms with van der Waals surface area (Å²) in [5.74, 6) is 0.841. The van der Waals surface area contributed by atoms with Crippen LogP contribution in [0.15, 0.2) is 23.0 Å². The lowest BCUT2D eigenvalue weighted by molar-refractivity contribution is -0.583. The minimum absolute atomic E-state index is 0.00525. The first-order valence-corrected chi connectivity index (χ1v) is 9.46. The number of halogens is 1. The molecule has 0 saturated carbocycles. The van der Waals surface area contributed by atoms with E-state index in [1.54, 1.807) is 29.8 Å². The van der Waals surface area contributed by atoms with Gasteiger partial charge in [0.25, 0.3) is 5.52 Å². The smallest absolute Gasteiger partial charge is 0.260 e. The SMILES string of the molecule is Cc1c2c(-c3noc(C4CCOC4C)n3)ncn2c2ccc(Cl)c(C#N)c2[n+]1[O-]. The highest BCUT2D eigenvalue weighted by Crippen LogP contribution is 2.33. The molecule has 0 bridgehead atoms. The maximum Gasteiger partial charge on any atom is 0.260 e. The average Bonchev–Trinajstić information content (AvgIpc) is 3.44. The predicted molar refractivity (Wildman–Crippen MR) is 102 cm³/mol. The number of aryl methyl sites for hydroxylation is 1. The molecule has 2 atom stereocenters. The Bertz CT molecular complexity index is 1320. The normalized spacial score (nSPS) is 19.2. The summed E-state index contributed by atoms with van der Waals surface area (Å²) in [6.45, 7) is 4.28. The Balaban J connectivity index is 1.74. The largest absolute Gasteiger partial charge is 0.618 e. The third-order valence-corrected chi connectivity index (χ3v) is 5.76. The molecule has 0 radical (unpaired) electrons. The minimum Gasteiger partial charge on any atom is -0.618 e. The fourth-order valence-corrected chi connectivity index (χ4v) is 4.10. The van der Waals surface area contributed by atoms with Crippen LogP contribution in [0.3, 0.4) is 0 Å². The highest BCUT2D eigenvalue weighted by atomic mass is 35.5. The fraction of sp³-hybridized carbons (Fsp3) is 0.316. The Morgan fingerprint density at radius 1 is 1.41 bits per heavy atom. The number of benzene rings is 1. The van der Waals surface area contributed by atoms with Crippen molar-refractivity contribution in [2.24, 2.45) is 0 Å². The van der Waals surface area contributed by atoms with E-state index in [0.717, 1.165) is 6.42 Å². The quantitative estimate of drug-likeness (QED) is 0.368. The van der Waals surface area contributed by atoms with E-state index in [2.05, 4.69) is 15.1 Å². The molecule has 1 saturated heterocycles. The van der Waals surface area contributed by atoms with Crippen molar-refractivity contribution < 1.29 is 14.0 Å². The summed E-state index contributed by atoms with van der Waals surface area (Å²) in [6.07, 6.45) is 2.40. The molecule has 3 aromatic heterocycles. The van der Waals surface area contributed by atoms with Gasteiger partial charge in [-0.2, -0.15) is 15.0 Å². The second-order valence-corrected chi connectivity index (χ2v) is 7.43. The van der Waals surface area contributed by atoms with Crippen molar-refractivity contribution >= 4 is 28.2 Å². The molecule has 2 unspecified atom stereocenters. The van der Waals surface area contributed by atoms with E-state index < -0.39 is 0 Å². The first-order valence-electron chi connectivity index (χ1n) is 9.08. The Kier molecular flexibility index (Phi) is 3.94. The van der Waals surface area contributed by atoms with Crippen LogP contribution < -0.4 is 4.73 Å². The molecule has 0 spiro atoms. The van der Waals surface area contributed by atoms with Gasteiger partial charge in [-0.3, -0.25) is 4.40 Å². The van der Waals surface area contributed by atoms with Crippen molar-refractivity contribution in [1.29, 1.82) is 5.26 Å². The Labute approximate surface area is 169 Å². The molecule has 5 rings (SSSR count). The van der Waals surface area contributed by atoms with E-state index >= 15 is 0 Å². The predicted octanol–water partition coefficient (Wildman–Crippen LogP) is 2.90. The maximum atomic E-state index is 13.0. The number of imidazole rings is 1. The molecule has 1 aromatic carbocycles. The van der Waals surface area contributed by atoms with Crippen LogP contribution >= 0.6 is 11.6 Å². The van der Waals surface area contributed by atoms with Gasteiger partial charge in [0.15, 0.2) is 0 Å². The van der Waals surface area contributed by atoms with Crippen LogP contribution in [0.5, 0.6) is 0 Å². The van der Waals surface area contributed by atoms with Gasteiger partial charge in [0.1, 0.15) is 34.7 Å². The zero-order valence-electron chi connectivity index (χ0n) is 15.6. The third kappa shape index (κ3) is 2.50. The van der Waals surface area contributed by atoms with E-state index in [1.165, 1.54) is 0 Å². The van der Waals surface area contributed by atoms with Crippen molar-refractivity contribution in [2.75, 3.05) is 6.61 Å². The summed E-state index contributed by atoms with van der Waals surface area (Å²) in [7, 11) is 0. The molecule has 29 heavy (non-hydrogen) atoms. The van der Waals surface area contributed by atoms with Crippen LogP contribution in [-0.2, 0) is 4.74 Å². The van der Waals surface area contributed by atoms with Crippen molar-refractivity contribution in [3.05, 3.63) is 45.8 Å². The topological polar surface area (TPSA) is 116 Å². The van der Waals surface area contributed by atoms with Gasteiger partial charge < -0.3 is 14.5 Å². The van der Waals surface area contributed by atoms with Crippen LogP contribution in [0, 0.1) is 23.5 Å². The summed E-state index contributed by atoms with van der Waals surface area (Å²) < 4.78 is 13.5. The minimum atomic E-state index is 0.00525. The Hall–Kier alpha value is -3.22. The molecule has 0 aliphatic carbocycles.